The van der Waals surface area contributed by atoms with Crippen LogP contribution in [0.5, 0.6) is 5.75 Å². The van der Waals surface area contributed by atoms with Crippen molar-refractivity contribution in [1.82, 2.24) is 20.0 Å². The molecule has 0 unspecified atom stereocenters. The maximum Gasteiger partial charge on any atom is 0.254 e. The van der Waals surface area contributed by atoms with Gasteiger partial charge in [0, 0.05) is 48.9 Å². The number of hydrogen-bond acceptors (Lipinski definition) is 6. The molecule has 1 fully saturated rings. The maximum absolute atomic E-state index is 13.2. The Bertz CT molecular complexity index is 1230. The average Bonchev–Trinajstić information content (AvgIpc) is 2.97. The predicted molar refractivity (Wildman–Crippen MR) is 150 cm³/mol. The first-order valence-electron chi connectivity index (χ1n) is 12.9. The predicted octanol–water partition coefficient (Wildman–Crippen LogP) is 4.64. The molecule has 200 valence electrons. The Hall–Kier alpha value is -3.65. The van der Waals surface area contributed by atoms with Crippen molar-refractivity contribution in [3.05, 3.63) is 71.2 Å². The van der Waals surface area contributed by atoms with Crippen molar-refractivity contribution >= 4 is 29.2 Å². The zero-order valence-corrected chi connectivity index (χ0v) is 22.9. The number of anilines is 1. The second-order valence-electron chi connectivity index (χ2n) is 9.58. The molecular weight excluding hydrogens is 502 g/mol. The van der Waals surface area contributed by atoms with Crippen molar-refractivity contribution in [3.8, 4) is 17.0 Å². The Labute approximate surface area is 229 Å². The Morgan fingerprint density at radius 1 is 1.03 bits per heavy atom. The lowest BCUT2D eigenvalue weighted by atomic mass is 10.1. The normalized spacial score (nSPS) is 14.2. The molecular formula is C29H34ClN5O3. The number of aromatic nitrogens is 2. The SMILES string of the molecule is CC[C@@H](C)CN(CC(=O)N1CCN(c2ccc(-c3cccc(OC)c3)nn2)CC1)C(=O)c1ccc(Cl)cc1. The monoisotopic (exact) mass is 535 g/mol. The molecule has 1 atom stereocenters. The van der Waals surface area contributed by atoms with Crippen LogP contribution in [-0.4, -0.2) is 78.2 Å². The summed E-state index contributed by atoms with van der Waals surface area (Å²) in [4.78, 5) is 32.0. The Balaban J connectivity index is 1.36. The molecule has 2 heterocycles. The number of hydrogen-bond donors (Lipinski definition) is 0. The van der Waals surface area contributed by atoms with E-state index in [1.807, 2.05) is 41.3 Å². The lowest BCUT2D eigenvalue weighted by Gasteiger charge is -2.36. The standard InChI is InChI=1S/C29H34ClN5O3/c1-4-21(2)19-35(29(37)22-8-10-24(30)11-9-22)20-28(36)34-16-14-33(15-17-34)27-13-12-26(31-32-27)23-6-5-7-25(18-23)38-3/h5-13,18,21H,4,14-17,19-20H2,1-3H3/t21-/m1/s1. The van der Waals surface area contributed by atoms with E-state index in [1.165, 1.54) is 0 Å². The molecule has 0 saturated carbocycles. The van der Waals surface area contributed by atoms with Gasteiger partial charge in [0.1, 0.15) is 12.3 Å². The van der Waals surface area contributed by atoms with Crippen LogP contribution in [0.2, 0.25) is 5.02 Å². The molecule has 2 aromatic carbocycles. The summed E-state index contributed by atoms with van der Waals surface area (Å²) >= 11 is 5.99. The highest BCUT2D eigenvalue weighted by molar-refractivity contribution is 6.30. The number of halogens is 1. The van der Waals surface area contributed by atoms with Crippen LogP contribution in [0.3, 0.4) is 0 Å². The van der Waals surface area contributed by atoms with Crippen LogP contribution in [0, 0.1) is 5.92 Å². The summed E-state index contributed by atoms with van der Waals surface area (Å²) in [6.07, 6.45) is 0.926. The molecule has 0 bridgehead atoms. The Morgan fingerprint density at radius 2 is 1.76 bits per heavy atom. The third-order valence-electron chi connectivity index (χ3n) is 6.91. The summed E-state index contributed by atoms with van der Waals surface area (Å²) in [6.45, 7) is 7.17. The highest BCUT2D eigenvalue weighted by atomic mass is 35.5. The number of benzene rings is 2. The second kappa shape index (κ2) is 12.7. The molecule has 0 spiro atoms. The molecule has 1 aliphatic rings. The van der Waals surface area contributed by atoms with Gasteiger partial charge in [-0.3, -0.25) is 9.59 Å². The zero-order chi connectivity index (χ0) is 27.1. The summed E-state index contributed by atoms with van der Waals surface area (Å²) in [5.74, 6) is 1.64. The number of carbonyl (C=O) groups is 2. The molecule has 0 radical (unpaired) electrons. The summed E-state index contributed by atoms with van der Waals surface area (Å²) in [6, 6.07) is 18.4. The lowest BCUT2D eigenvalue weighted by molar-refractivity contribution is -0.132. The molecule has 1 aromatic heterocycles. The van der Waals surface area contributed by atoms with Crippen LogP contribution in [-0.2, 0) is 4.79 Å². The highest BCUT2D eigenvalue weighted by Crippen LogP contribution is 2.23. The third-order valence-corrected chi connectivity index (χ3v) is 7.16. The molecule has 3 aromatic rings. The van der Waals surface area contributed by atoms with Gasteiger partial charge in [-0.05, 0) is 54.4 Å². The van der Waals surface area contributed by atoms with Gasteiger partial charge in [0.25, 0.3) is 5.91 Å². The van der Waals surface area contributed by atoms with Crippen LogP contribution in [0.15, 0.2) is 60.7 Å². The number of carbonyl (C=O) groups excluding carboxylic acids is 2. The first-order valence-corrected chi connectivity index (χ1v) is 13.3. The van der Waals surface area contributed by atoms with E-state index in [-0.39, 0.29) is 24.3 Å². The van der Waals surface area contributed by atoms with Crippen molar-refractivity contribution < 1.29 is 14.3 Å². The summed E-state index contributed by atoms with van der Waals surface area (Å²) < 4.78 is 5.30. The van der Waals surface area contributed by atoms with Crippen molar-refractivity contribution in [3.63, 3.8) is 0 Å². The number of rotatable bonds is 9. The largest absolute Gasteiger partial charge is 0.497 e. The van der Waals surface area contributed by atoms with E-state index >= 15 is 0 Å². The minimum atomic E-state index is -0.152. The number of amides is 2. The third kappa shape index (κ3) is 6.81. The minimum absolute atomic E-state index is 0.0466. The van der Waals surface area contributed by atoms with E-state index in [1.54, 1.807) is 36.3 Å². The summed E-state index contributed by atoms with van der Waals surface area (Å²) in [7, 11) is 1.64. The van der Waals surface area contributed by atoms with E-state index in [0.717, 1.165) is 29.2 Å². The number of methoxy groups -OCH3 is 1. The molecule has 8 nitrogen and oxygen atoms in total. The Morgan fingerprint density at radius 3 is 2.39 bits per heavy atom. The van der Waals surface area contributed by atoms with Crippen LogP contribution in [0.1, 0.15) is 30.6 Å². The molecule has 9 heteroatoms. The maximum atomic E-state index is 13.2. The van der Waals surface area contributed by atoms with E-state index < -0.39 is 0 Å². The second-order valence-corrected chi connectivity index (χ2v) is 10.0. The van der Waals surface area contributed by atoms with Crippen molar-refractivity contribution in [2.24, 2.45) is 5.92 Å². The smallest absolute Gasteiger partial charge is 0.254 e. The topological polar surface area (TPSA) is 78.9 Å². The minimum Gasteiger partial charge on any atom is -0.497 e. The molecule has 38 heavy (non-hydrogen) atoms. The summed E-state index contributed by atoms with van der Waals surface area (Å²) in [5.41, 5.74) is 2.24. The average molecular weight is 536 g/mol. The molecule has 0 N–H and O–H groups in total. The van der Waals surface area contributed by atoms with E-state index in [2.05, 4.69) is 28.9 Å². The number of nitrogens with zero attached hydrogens (tertiary/aromatic N) is 5. The van der Waals surface area contributed by atoms with E-state index in [0.29, 0.717) is 43.3 Å². The zero-order valence-electron chi connectivity index (χ0n) is 22.1. The summed E-state index contributed by atoms with van der Waals surface area (Å²) in [5, 5.41) is 9.40. The van der Waals surface area contributed by atoms with Crippen LogP contribution in [0.4, 0.5) is 5.82 Å². The number of ether oxygens (including phenoxy) is 1. The van der Waals surface area contributed by atoms with E-state index in [9.17, 15) is 9.59 Å². The first-order chi connectivity index (χ1) is 18.4. The van der Waals surface area contributed by atoms with Gasteiger partial charge in [-0.1, -0.05) is 44.0 Å². The Kier molecular flexibility index (Phi) is 9.18. The van der Waals surface area contributed by atoms with E-state index in [4.69, 9.17) is 16.3 Å². The van der Waals surface area contributed by atoms with Gasteiger partial charge < -0.3 is 19.4 Å². The lowest BCUT2D eigenvalue weighted by Crippen LogP contribution is -2.52. The van der Waals surface area contributed by atoms with Gasteiger partial charge in [-0.25, -0.2) is 0 Å². The van der Waals surface area contributed by atoms with Gasteiger partial charge >= 0.3 is 0 Å². The van der Waals surface area contributed by atoms with Crippen molar-refractivity contribution in [2.45, 2.75) is 20.3 Å². The molecule has 1 saturated heterocycles. The molecule has 2 amide bonds. The van der Waals surface area contributed by atoms with Crippen LogP contribution >= 0.6 is 11.6 Å². The van der Waals surface area contributed by atoms with Gasteiger partial charge in [0.05, 0.1) is 12.8 Å². The number of piperazine rings is 1. The quantitative estimate of drug-likeness (QED) is 0.397. The van der Waals surface area contributed by atoms with Crippen molar-refractivity contribution in [1.29, 1.82) is 0 Å². The highest BCUT2D eigenvalue weighted by Gasteiger charge is 2.26. The van der Waals surface area contributed by atoms with Gasteiger partial charge in [0.2, 0.25) is 5.91 Å². The van der Waals surface area contributed by atoms with Gasteiger partial charge in [-0.15, -0.1) is 10.2 Å². The fourth-order valence-corrected chi connectivity index (χ4v) is 4.50. The van der Waals surface area contributed by atoms with Gasteiger partial charge in [-0.2, -0.15) is 0 Å². The fourth-order valence-electron chi connectivity index (χ4n) is 4.38. The van der Waals surface area contributed by atoms with Crippen LogP contribution < -0.4 is 9.64 Å². The van der Waals surface area contributed by atoms with Crippen molar-refractivity contribution in [2.75, 3.05) is 51.3 Å². The molecule has 0 aliphatic carbocycles. The fraction of sp³-hybridized carbons (Fsp3) is 0.379. The van der Waals surface area contributed by atoms with Gasteiger partial charge in [0.15, 0.2) is 5.82 Å². The van der Waals surface area contributed by atoms with Crippen LogP contribution in [0.25, 0.3) is 11.3 Å². The first kappa shape index (κ1) is 27.4. The molecule has 4 rings (SSSR count). The molecule has 1 aliphatic heterocycles.